The maximum atomic E-state index is 13.4. The van der Waals surface area contributed by atoms with Crippen molar-refractivity contribution in [3.8, 4) is 0 Å². The van der Waals surface area contributed by atoms with Gasteiger partial charge in [-0.1, -0.05) is 48.5 Å². The standard InChI is InChI=1S/C32H50O4/c1-19(33)35-23-12-13-29(6)21(28(23,4)5)11-14-31(8)22(29)10-9-20-24-25-27(2,3)15-17-32(24,26(34)36-25)18-16-30(20,31)7/h20-25H,9-18H2,1-8H3/t20-,21-,22+,23+,24-,25+,29-,30+,31+,32+/m0/s1. The summed E-state index contributed by atoms with van der Waals surface area (Å²) in [5.41, 5.74) is 0.665. The van der Waals surface area contributed by atoms with E-state index < -0.39 is 0 Å². The number of rotatable bonds is 1. The molecule has 0 spiro atoms. The summed E-state index contributed by atoms with van der Waals surface area (Å²) in [5.74, 6) is 2.23. The van der Waals surface area contributed by atoms with Crippen molar-refractivity contribution < 1.29 is 19.1 Å². The molecule has 6 aliphatic rings. The molecule has 0 amide bonds. The number of fused-ring (bicyclic) bond motifs is 5. The average Bonchev–Trinajstić information content (AvgIpc) is 3.03. The Labute approximate surface area is 219 Å². The van der Waals surface area contributed by atoms with Crippen LogP contribution in [0, 0.1) is 56.2 Å². The van der Waals surface area contributed by atoms with E-state index in [9.17, 15) is 9.59 Å². The Kier molecular flexibility index (Phi) is 5.13. The van der Waals surface area contributed by atoms with E-state index in [1.165, 1.54) is 32.1 Å². The van der Waals surface area contributed by atoms with Crippen molar-refractivity contribution in [3.63, 3.8) is 0 Å². The molecule has 10 atom stereocenters. The maximum absolute atomic E-state index is 13.4. The van der Waals surface area contributed by atoms with Gasteiger partial charge in [-0.3, -0.25) is 9.59 Å². The molecule has 0 unspecified atom stereocenters. The summed E-state index contributed by atoms with van der Waals surface area (Å²) in [5, 5.41) is 0. The van der Waals surface area contributed by atoms with Crippen LogP contribution in [0.5, 0.6) is 0 Å². The summed E-state index contributed by atoms with van der Waals surface area (Å²) >= 11 is 0. The van der Waals surface area contributed by atoms with Crippen molar-refractivity contribution in [3.05, 3.63) is 0 Å². The highest BCUT2D eigenvalue weighted by Gasteiger charge is 2.75. The van der Waals surface area contributed by atoms with Crippen molar-refractivity contribution in [2.75, 3.05) is 0 Å². The van der Waals surface area contributed by atoms with Crippen LogP contribution >= 0.6 is 0 Å². The third-order valence-electron chi connectivity index (χ3n) is 14.3. The van der Waals surface area contributed by atoms with E-state index in [0.29, 0.717) is 23.7 Å². The Morgan fingerprint density at radius 2 is 1.50 bits per heavy atom. The van der Waals surface area contributed by atoms with E-state index in [2.05, 4.69) is 48.5 Å². The molecule has 2 bridgehead atoms. The highest BCUT2D eigenvalue weighted by molar-refractivity contribution is 5.81. The summed E-state index contributed by atoms with van der Waals surface area (Å²) < 4.78 is 12.2. The first-order chi connectivity index (χ1) is 16.6. The SMILES string of the molecule is CC(=O)O[C@@H]1CC[C@]2(C)[C@H]3CC[C@H]4[C@H]5[C@H]6OC(=O)[C@]5(CCC6(C)C)CC[C@@]4(C)[C@]3(C)CC[C@H]2C1(C)C. The number of ether oxygens (including phenoxy) is 2. The number of carbonyl (C=O) groups excluding carboxylic acids is 2. The van der Waals surface area contributed by atoms with E-state index in [4.69, 9.17) is 9.47 Å². The van der Waals surface area contributed by atoms with Crippen LogP contribution < -0.4 is 0 Å². The van der Waals surface area contributed by atoms with Gasteiger partial charge < -0.3 is 9.47 Å². The summed E-state index contributed by atoms with van der Waals surface area (Å²) in [6, 6.07) is 0. The minimum atomic E-state index is -0.210. The van der Waals surface area contributed by atoms with E-state index in [1.54, 1.807) is 6.92 Å². The molecule has 5 saturated carbocycles. The van der Waals surface area contributed by atoms with Crippen molar-refractivity contribution in [2.45, 2.75) is 132 Å². The fourth-order valence-corrected chi connectivity index (χ4v) is 12.2. The molecule has 4 heteroatoms. The third kappa shape index (κ3) is 2.83. The number of hydrogen-bond acceptors (Lipinski definition) is 4. The fourth-order valence-electron chi connectivity index (χ4n) is 12.2. The molecule has 6 rings (SSSR count). The van der Waals surface area contributed by atoms with Gasteiger partial charge in [0.05, 0.1) is 5.41 Å². The van der Waals surface area contributed by atoms with Gasteiger partial charge in [0, 0.05) is 23.7 Å². The van der Waals surface area contributed by atoms with E-state index in [1.807, 2.05) is 0 Å². The molecule has 5 aliphatic carbocycles. The van der Waals surface area contributed by atoms with Gasteiger partial charge >= 0.3 is 11.9 Å². The van der Waals surface area contributed by atoms with Gasteiger partial charge in [0.2, 0.25) is 0 Å². The van der Waals surface area contributed by atoms with Crippen molar-refractivity contribution in [1.29, 1.82) is 0 Å². The zero-order valence-corrected chi connectivity index (χ0v) is 24.2. The van der Waals surface area contributed by atoms with Crippen LogP contribution in [-0.2, 0) is 19.1 Å². The highest BCUT2D eigenvalue weighted by Crippen LogP contribution is 2.78. The Balaban J connectivity index is 1.36. The lowest BCUT2D eigenvalue weighted by Crippen LogP contribution is -2.68. The lowest BCUT2D eigenvalue weighted by Gasteiger charge is -2.73. The third-order valence-corrected chi connectivity index (χ3v) is 14.3. The first-order valence-electron chi connectivity index (χ1n) is 15.0. The fraction of sp³-hybridized carbons (Fsp3) is 0.938. The lowest BCUT2D eigenvalue weighted by atomic mass is 9.31. The normalized spacial score (nSPS) is 54.3. The number of hydrogen-bond donors (Lipinski definition) is 0. The Hall–Kier alpha value is -1.06. The van der Waals surface area contributed by atoms with Crippen molar-refractivity contribution >= 4 is 11.9 Å². The average molecular weight is 499 g/mol. The van der Waals surface area contributed by atoms with Gasteiger partial charge in [-0.15, -0.1) is 0 Å². The van der Waals surface area contributed by atoms with Gasteiger partial charge in [0.1, 0.15) is 12.2 Å². The minimum Gasteiger partial charge on any atom is -0.462 e. The summed E-state index contributed by atoms with van der Waals surface area (Å²) in [6.07, 6.45) is 11.6. The maximum Gasteiger partial charge on any atom is 0.312 e. The van der Waals surface area contributed by atoms with Gasteiger partial charge in [-0.25, -0.2) is 0 Å². The molecule has 202 valence electrons. The number of carbonyl (C=O) groups is 2. The minimum absolute atomic E-state index is 0.00113. The molecular weight excluding hydrogens is 448 g/mol. The molecule has 0 aromatic rings. The van der Waals surface area contributed by atoms with E-state index >= 15 is 0 Å². The van der Waals surface area contributed by atoms with Crippen LogP contribution in [0.25, 0.3) is 0 Å². The predicted octanol–water partition coefficient (Wildman–Crippen LogP) is 7.34. The molecule has 4 nitrogen and oxygen atoms in total. The molecule has 0 N–H and O–H groups in total. The van der Waals surface area contributed by atoms with E-state index in [0.717, 1.165) is 32.1 Å². The summed E-state index contributed by atoms with van der Waals surface area (Å²) in [6.45, 7) is 18.9. The monoisotopic (exact) mass is 498 g/mol. The summed E-state index contributed by atoms with van der Waals surface area (Å²) in [4.78, 5) is 25.3. The molecular formula is C32H50O4. The molecule has 36 heavy (non-hydrogen) atoms. The van der Waals surface area contributed by atoms with Crippen molar-refractivity contribution in [2.24, 2.45) is 56.2 Å². The Morgan fingerprint density at radius 1 is 0.806 bits per heavy atom. The highest BCUT2D eigenvalue weighted by atomic mass is 16.6. The quantitative estimate of drug-likeness (QED) is 0.355. The second-order valence-corrected chi connectivity index (χ2v) is 16.1. The zero-order chi connectivity index (χ0) is 26.1. The predicted molar refractivity (Wildman–Crippen MR) is 140 cm³/mol. The second kappa shape index (κ2) is 7.32. The Morgan fingerprint density at radius 3 is 2.19 bits per heavy atom. The van der Waals surface area contributed by atoms with Crippen LogP contribution in [-0.4, -0.2) is 24.1 Å². The topological polar surface area (TPSA) is 52.6 Å². The zero-order valence-electron chi connectivity index (χ0n) is 24.2. The molecule has 1 saturated heterocycles. The van der Waals surface area contributed by atoms with Gasteiger partial charge in [0.15, 0.2) is 0 Å². The lowest BCUT2D eigenvalue weighted by molar-refractivity contribution is -0.254. The first kappa shape index (κ1) is 25.2. The van der Waals surface area contributed by atoms with Crippen molar-refractivity contribution in [1.82, 2.24) is 0 Å². The van der Waals surface area contributed by atoms with Crippen LogP contribution in [0.3, 0.4) is 0 Å². The molecule has 6 fully saturated rings. The van der Waals surface area contributed by atoms with E-state index in [-0.39, 0.29) is 56.6 Å². The first-order valence-corrected chi connectivity index (χ1v) is 15.0. The number of esters is 2. The Bertz CT molecular complexity index is 983. The second-order valence-electron chi connectivity index (χ2n) is 16.1. The molecule has 0 aromatic carbocycles. The van der Waals surface area contributed by atoms with Gasteiger partial charge in [0.25, 0.3) is 0 Å². The van der Waals surface area contributed by atoms with Gasteiger partial charge in [-0.05, 0) is 98.2 Å². The largest absolute Gasteiger partial charge is 0.462 e. The van der Waals surface area contributed by atoms with Crippen LogP contribution in [0.15, 0.2) is 0 Å². The molecule has 0 radical (unpaired) electrons. The molecule has 1 aliphatic heterocycles. The molecule has 0 aromatic heterocycles. The van der Waals surface area contributed by atoms with Crippen LogP contribution in [0.1, 0.15) is 120 Å². The van der Waals surface area contributed by atoms with Crippen LogP contribution in [0.4, 0.5) is 0 Å². The smallest absolute Gasteiger partial charge is 0.312 e. The summed E-state index contributed by atoms with van der Waals surface area (Å²) in [7, 11) is 0. The van der Waals surface area contributed by atoms with Crippen LogP contribution in [0.2, 0.25) is 0 Å². The van der Waals surface area contributed by atoms with Gasteiger partial charge in [-0.2, -0.15) is 0 Å². The molecule has 1 heterocycles.